The van der Waals surface area contributed by atoms with Crippen LogP contribution in [0, 0.1) is 5.82 Å². The molecule has 206 valence electrons. The Morgan fingerprint density at radius 3 is 2.62 bits per heavy atom. The van der Waals surface area contributed by atoms with Gasteiger partial charge in [0.2, 0.25) is 0 Å². The molecule has 4 heterocycles. The van der Waals surface area contributed by atoms with E-state index in [1.165, 1.54) is 6.20 Å². The third-order valence-corrected chi connectivity index (χ3v) is 7.21. The van der Waals surface area contributed by atoms with Gasteiger partial charge in [0.05, 0.1) is 16.8 Å². The molecule has 0 radical (unpaired) electrons. The summed E-state index contributed by atoms with van der Waals surface area (Å²) in [6.07, 6.45) is -1.47. The number of nitrogens with one attached hydrogen (secondary N) is 1. The molecule has 1 saturated heterocycles. The van der Waals surface area contributed by atoms with Crippen LogP contribution in [0.4, 0.5) is 29.2 Å². The van der Waals surface area contributed by atoms with E-state index in [4.69, 9.17) is 33.9 Å². The number of alkyl halides is 3. The molecule has 1 unspecified atom stereocenters. The maximum atomic E-state index is 15.3. The van der Waals surface area contributed by atoms with Crippen LogP contribution >= 0.6 is 23.2 Å². The number of anilines is 2. The number of likely N-dealkylation sites (N-methyl/N-ethyl adjacent to an activating group) is 1. The Morgan fingerprint density at radius 2 is 1.95 bits per heavy atom. The molecule has 3 N–H and O–H groups in total. The van der Waals surface area contributed by atoms with E-state index in [-0.39, 0.29) is 33.2 Å². The molecule has 1 aliphatic rings. The Balaban J connectivity index is 1.55. The van der Waals surface area contributed by atoms with Crippen molar-refractivity contribution >= 4 is 46.3 Å². The molecule has 0 bridgehead atoms. The summed E-state index contributed by atoms with van der Waals surface area (Å²) in [5.41, 5.74) is 5.35. The Bertz CT molecular complexity index is 1600. The molecule has 0 spiro atoms. The van der Waals surface area contributed by atoms with Crippen LogP contribution in [0.3, 0.4) is 0 Å². The molecule has 5 rings (SSSR count). The minimum Gasteiger partial charge on any atom is -0.382 e. The van der Waals surface area contributed by atoms with E-state index >= 15 is 4.39 Å². The van der Waals surface area contributed by atoms with Gasteiger partial charge in [-0.05, 0) is 38.6 Å². The maximum Gasteiger partial charge on any atom is 0.433 e. The van der Waals surface area contributed by atoms with Crippen LogP contribution in [-0.4, -0.2) is 55.1 Å². The number of rotatable bonds is 4. The molecule has 1 aliphatic heterocycles. The van der Waals surface area contributed by atoms with Crippen molar-refractivity contribution in [1.82, 2.24) is 29.0 Å². The van der Waals surface area contributed by atoms with E-state index in [0.717, 1.165) is 45.1 Å². The fourth-order valence-corrected chi connectivity index (χ4v) is 5.32. The topological polar surface area (TPSA) is 106 Å². The molecule has 4 aromatic rings. The van der Waals surface area contributed by atoms with Gasteiger partial charge in [-0.25, -0.2) is 14.4 Å². The Morgan fingerprint density at radius 1 is 1.21 bits per heavy atom. The lowest BCUT2D eigenvalue weighted by Crippen LogP contribution is -2.31. The third kappa shape index (κ3) is 5.01. The predicted octanol–water partition coefficient (Wildman–Crippen LogP) is 5.24. The van der Waals surface area contributed by atoms with Gasteiger partial charge < -0.3 is 16.0 Å². The van der Waals surface area contributed by atoms with Crippen molar-refractivity contribution in [3.05, 3.63) is 57.5 Å². The van der Waals surface area contributed by atoms with Crippen molar-refractivity contribution in [3.63, 3.8) is 0 Å². The monoisotopic (exact) mass is 584 g/mol. The Labute approximate surface area is 229 Å². The number of likely N-dealkylation sites (tertiary alicyclic amines) is 1. The number of hydrogen-bond donors (Lipinski definition) is 2. The third-order valence-electron chi connectivity index (χ3n) is 6.63. The standard InChI is InChI=1S/C24H22Cl2F4N8O/c1-36-5-3-4-11(10-36)22-34-19(20-21(31)32-9-17(26)38(20)22)12-7-15(27)13(6-14(12)25)23(39)33-18-8-16(24(28,29)30)37(2)35-18/h6-9,11H,3-5,10H2,1-2H3,(H2,31,32)(H,33,35,39). The van der Waals surface area contributed by atoms with Gasteiger partial charge in [-0.3, -0.25) is 13.9 Å². The minimum atomic E-state index is -4.68. The number of imidazole rings is 1. The molecule has 9 nitrogen and oxygen atoms in total. The van der Waals surface area contributed by atoms with Gasteiger partial charge in [0.1, 0.15) is 39.5 Å². The number of piperidine rings is 1. The lowest BCUT2D eigenvalue weighted by molar-refractivity contribution is -0.143. The zero-order valence-electron chi connectivity index (χ0n) is 20.7. The zero-order chi connectivity index (χ0) is 28.2. The van der Waals surface area contributed by atoms with Crippen LogP contribution < -0.4 is 11.1 Å². The summed E-state index contributed by atoms with van der Waals surface area (Å²) in [5.74, 6) is -1.67. The maximum absolute atomic E-state index is 15.3. The van der Waals surface area contributed by atoms with Gasteiger partial charge in [0.25, 0.3) is 5.91 Å². The van der Waals surface area contributed by atoms with Crippen molar-refractivity contribution in [3.8, 4) is 11.3 Å². The quantitative estimate of drug-likeness (QED) is 0.318. The molecule has 1 atom stereocenters. The summed E-state index contributed by atoms with van der Waals surface area (Å²) < 4.78 is 56.7. The lowest BCUT2D eigenvalue weighted by atomic mass is 9.98. The van der Waals surface area contributed by atoms with Crippen molar-refractivity contribution in [2.24, 2.45) is 7.05 Å². The van der Waals surface area contributed by atoms with Crippen LogP contribution in [0.1, 0.15) is 40.6 Å². The average molecular weight is 585 g/mol. The number of amides is 1. The van der Waals surface area contributed by atoms with Crippen molar-refractivity contribution in [2.75, 3.05) is 31.2 Å². The number of hydrogen-bond acceptors (Lipinski definition) is 6. The zero-order valence-corrected chi connectivity index (χ0v) is 22.2. The largest absolute Gasteiger partial charge is 0.433 e. The second-order valence-electron chi connectivity index (χ2n) is 9.37. The SMILES string of the molecule is CN1CCCC(c2nc(-c3cc(F)c(C(=O)Nc4cc(C(F)(F)F)n(C)n4)cc3Cl)c3c(N)ncc(Cl)n23)C1. The van der Waals surface area contributed by atoms with Crippen LogP contribution in [0.5, 0.6) is 0 Å². The van der Waals surface area contributed by atoms with E-state index in [2.05, 4.69) is 20.3 Å². The van der Waals surface area contributed by atoms with Gasteiger partial charge in [-0.2, -0.15) is 18.3 Å². The van der Waals surface area contributed by atoms with Crippen LogP contribution in [0.15, 0.2) is 24.4 Å². The summed E-state index contributed by atoms with van der Waals surface area (Å²) in [6, 6.07) is 2.74. The first-order valence-corrected chi connectivity index (χ1v) is 12.5. The summed E-state index contributed by atoms with van der Waals surface area (Å²) in [5, 5.41) is 6.03. The first kappa shape index (κ1) is 27.2. The normalized spacial score (nSPS) is 16.7. The van der Waals surface area contributed by atoms with Crippen molar-refractivity contribution in [2.45, 2.75) is 24.9 Å². The lowest BCUT2D eigenvalue weighted by Gasteiger charge is -2.29. The van der Waals surface area contributed by atoms with Gasteiger partial charge in [-0.1, -0.05) is 23.2 Å². The fourth-order valence-electron chi connectivity index (χ4n) is 4.85. The minimum absolute atomic E-state index is 0.0120. The molecule has 15 heteroatoms. The number of carbonyl (C=O) groups excluding carboxylic acids is 1. The van der Waals surface area contributed by atoms with E-state index < -0.39 is 35.0 Å². The molecular weight excluding hydrogens is 563 g/mol. The van der Waals surface area contributed by atoms with Crippen LogP contribution in [0.2, 0.25) is 10.2 Å². The summed E-state index contributed by atoms with van der Waals surface area (Å²) >= 11 is 13.0. The first-order chi connectivity index (χ1) is 18.3. The molecule has 39 heavy (non-hydrogen) atoms. The Hall–Kier alpha value is -3.42. The predicted molar refractivity (Wildman–Crippen MR) is 138 cm³/mol. The molecule has 1 fully saturated rings. The van der Waals surface area contributed by atoms with E-state index in [1.54, 1.807) is 4.40 Å². The number of carbonyl (C=O) groups is 1. The van der Waals surface area contributed by atoms with E-state index in [9.17, 15) is 18.0 Å². The van der Waals surface area contributed by atoms with Gasteiger partial charge in [0, 0.05) is 31.1 Å². The molecule has 1 amide bonds. The summed E-state index contributed by atoms with van der Waals surface area (Å²) in [4.78, 5) is 23.8. The van der Waals surface area contributed by atoms with E-state index in [1.807, 2.05) is 7.05 Å². The molecule has 0 aliphatic carbocycles. The second kappa shape index (κ2) is 9.96. The highest BCUT2D eigenvalue weighted by atomic mass is 35.5. The van der Waals surface area contributed by atoms with Crippen LogP contribution in [0.25, 0.3) is 16.8 Å². The number of aromatic nitrogens is 5. The highest BCUT2D eigenvalue weighted by Gasteiger charge is 2.35. The molecule has 0 saturated carbocycles. The molecule has 3 aromatic heterocycles. The number of nitrogens with two attached hydrogens (primary N) is 1. The summed E-state index contributed by atoms with van der Waals surface area (Å²) in [7, 11) is 3.08. The Kier molecular flexibility index (Phi) is 6.93. The number of halogens is 6. The molecular formula is C24H22Cl2F4N8O. The smallest absolute Gasteiger partial charge is 0.382 e. The van der Waals surface area contributed by atoms with Gasteiger partial charge in [-0.15, -0.1) is 0 Å². The highest BCUT2D eigenvalue weighted by Crippen LogP contribution is 2.39. The van der Waals surface area contributed by atoms with Gasteiger partial charge >= 0.3 is 6.18 Å². The second-order valence-corrected chi connectivity index (χ2v) is 10.2. The van der Waals surface area contributed by atoms with Crippen molar-refractivity contribution < 1.29 is 22.4 Å². The van der Waals surface area contributed by atoms with Crippen LogP contribution in [-0.2, 0) is 13.2 Å². The summed E-state index contributed by atoms with van der Waals surface area (Å²) in [6.45, 7) is 1.67. The van der Waals surface area contributed by atoms with E-state index in [0.29, 0.717) is 22.1 Å². The highest BCUT2D eigenvalue weighted by molar-refractivity contribution is 6.34. The first-order valence-electron chi connectivity index (χ1n) is 11.8. The molecule has 1 aromatic carbocycles. The average Bonchev–Trinajstić information content (AvgIpc) is 3.44. The number of benzene rings is 1. The number of aryl methyl sites for hydroxylation is 1. The number of nitrogens with zero attached hydrogens (tertiary/aromatic N) is 6. The number of nitrogen functional groups attached to an aromatic ring is 1. The van der Waals surface area contributed by atoms with Crippen molar-refractivity contribution in [1.29, 1.82) is 0 Å². The van der Waals surface area contributed by atoms with Gasteiger partial charge in [0.15, 0.2) is 5.82 Å². The number of fused-ring (bicyclic) bond motifs is 1. The fraction of sp³-hybridized carbons (Fsp3) is 0.333.